The fraction of sp³-hybridized carbons (Fsp3) is 0.467. The Morgan fingerprint density at radius 1 is 1.15 bits per heavy atom. The number of carbonyl (C=O) groups is 2. The minimum atomic E-state index is -1.09. The van der Waals surface area contributed by atoms with Crippen LogP contribution >= 0.6 is 0 Å². The summed E-state index contributed by atoms with van der Waals surface area (Å²) in [6.07, 6.45) is 2.69. The highest BCUT2D eigenvalue weighted by Gasteiger charge is 2.42. The van der Waals surface area contributed by atoms with Crippen molar-refractivity contribution in [2.24, 2.45) is 0 Å². The molecule has 1 aliphatic rings. The zero-order valence-corrected chi connectivity index (χ0v) is 11.8. The van der Waals surface area contributed by atoms with Gasteiger partial charge in [0.1, 0.15) is 5.54 Å². The van der Waals surface area contributed by atoms with Gasteiger partial charge in [-0.1, -0.05) is 12.8 Å². The van der Waals surface area contributed by atoms with Crippen LogP contribution in [0.15, 0.2) is 24.3 Å². The molecule has 5 nitrogen and oxygen atoms in total. The number of benzene rings is 1. The molecule has 2 N–H and O–H groups in total. The van der Waals surface area contributed by atoms with Crippen molar-refractivity contribution in [3.63, 3.8) is 0 Å². The summed E-state index contributed by atoms with van der Waals surface area (Å²) >= 11 is 0. The molecule has 1 aliphatic carbocycles. The highest BCUT2D eigenvalue weighted by molar-refractivity contribution is 5.98. The first-order valence-electron chi connectivity index (χ1n) is 6.78. The summed E-state index contributed by atoms with van der Waals surface area (Å²) in [6, 6.07) is 7.12. The number of rotatable bonds is 4. The summed E-state index contributed by atoms with van der Waals surface area (Å²) in [4.78, 5) is 25.6. The second-order valence-corrected chi connectivity index (χ2v) is 5.49. The fourth-order valence-electron chi connectivity index (χ4n) is 2.57. The standard InChI is InChI=1S/C15H20N2O3/c1-17(2)12-7-5-11(6-8-12)13(18)16-15(14(19)20)9-3-4-10-15/h5-8H,3-4,9-10H2,1-2H3,(H,16,18)(H,19,20). The zero-order valence-electron chi connectivity index (χ0n) is 11.8. The lowest BCUT2D eigenvalue weighted by Gasteiger charge is -2.25. The molecule has 0 radical (unpaired) electrons. The quantitative estimate of drug-likeness (QED) is 0.881. The monoisotopic (exact) mass is 276 g/mol. The molecule has 0 aliphatic heterocycles. The third-order valence-electron chi connectivity index (χ3n) is 3.87. The predicted octanol–water partition coefficient (Wildman–Crippen LogP) is 1.88. The minimum absolute atomic E-state index is 0.320. The van der Waals surface area contributed by atoms with E-state index in [1.165, 1.54) is 0 Å². The maximum Gasteiger partial charge on any atom is 0.329 e. The Bertz CT molecular complexity index is 502. The fourth-order valence-corrected chi connectivity index (χ4v) is 2.57. The Morgan fingerprint density at radius 2 is 1.70 bits per heavy atom. The summed E-state index contributed by atoms with van der Waals surface area (Å²) in [7, 11) is 3.85. The van der Waals surface area contributed by atoms with Crippen molar-refractivity contribution in [3.8, 4) is 0 Å². The van der Waals surface area contributed by atoms with Gasteiger partial charge in [0.2, 0.25) is 0 Å². The summed E-state index contributed by atoms with van der Waals surface area (Å²) in [6.45, 7) is 0. The molecular formula is C15H20N2O3. The van der Waals surface area contributed by atoms with Gasteiger partial charge in [-0.3, -0.25) is 4.79 Å². The van der Waals surface area contributed by atoms with Crippen LogP contribution in [0.25, 0.3) is 0 Å². The van der Waals surface area contributed by atoms with E-state index in [0.29, 0.717) is 18.4 Å². The number of amides is 1. The maximum atomic E-state index is 12.2. The molecule has 1 amide bonds. The normalized spacial score (nSPS) is 16.7. The highest BCUT2D eigenvalue weighted by Crippen LogP contribution is 2.30. The largest absolute Gasteiger partial charge is 0.480 e. The van der Waals surface area contributed by atoms with Crippen molar-refractivity contribution in [2.45, 2.75) is 31.2 Å². The molecule has 5 heteroatoms. The van der Waals surface area contributed by atoms with Gasteiger partial charge in [0, 0.05) is 25.3 Å². The third-order valence-corrected chi connectivity index (χ3v) is 3.87. The second-order valence-electron chi connectivity index (χ2n) is 5.49. The topological polar surface area (TPSA) is 69.6 Å². The minimum Gasteiger partial charge on any atom is -0.480 e. The SMILES string of the molecule is CN(C)c1ccc(C(=O)NC2(C(=O)O)CCCC2)cc1. The molecule has 1 aromatic rings. The van der Waals surface area contributed by atoms with E-state index in [2.05, 4.69) is 5.32 Å². The van der Waals surface area contributed by atoms with Gasteiger partial charge >= 0.3 is 5.97 Å². The molecule has 20 heavy (non-hydrogen) atoms. The number of nitrogens with zero attached hydrogens (tertiary/aromatic N) is 1. The van der Waals surface area contributed by atoms with Gasteiger partial charge in [0.05, 0.1) is 0 Å². The Balaban J connectivity index is 2.13. The van der Waals surface area contributed by atoms with Gasteiger partial charge in [-0.2, -0.15) is 0 Å². The third kappa shape index (κ3) is 2.76. The van der Waals surface area contributed by atoms with Crippen LogP contribution in [0.3, 0.4) is 0 Å². The molecule has 1 fully saturated rings. The molecule has 0 saturated heterocycles. The van der Waals surface area contributed by atoms with E-state index in [9.17, 15) is 14.7 Å². The van der Waals surface area contributed by atoms with Crippen LogP contribution in [-0.4, -0.2) is 36.6 Å². The maximum absolute atomic E-state index is 12.2. The predicted molar refractivity (Wildman–Crippen MR) is 77.1 cm³/mol. The van der Waals surface area contributed by atoms with E-state index in [1.54, 1.807) is 12.1 Å². The van der Waals surface area contributed by atoms with Crippen LogP contribution in [0.1, 0.15) is 36.0 Å². The van der Waals surface area contributed by atoms with Crippen LogP contribution in [0.5, 0.6) is 0 Å². The lowest BCUT2D eigenvalue weighted by molar-refractivity contribution is -0.144. The van der Waals surface area contributed by atoms with Crippen molar-refractivity contribution >= 4 is 17.6 Å². The van der Waals surface area contributed by atoms with Crippen molar-refractivity contribution < 1.29 is 14.7 Å². The van der Waals surface area contributed by atoms with E-state index in [1.807, 2.05) is 31.1 Å². The first kappa shape index (κ1) is 14.4. The Morgan fingerprint density at radius 3 is 2.15 bits per heavy atom. The number of carboxylic acid groups (broad SMARTS) is 1. The van der Waals surface area contributed by atoms with Gasteiger partial charge in [0.15, 0.2) is 0 Å². The molecule has 0 unspecified atom stereocenters. The summed E-state index contributed by atoms with van der Waals surface area (Å²) in [5.74, 6) is -1.26. The molecule has 1 saturated carbocycles. The molecule has 1 aromatic carbocycles. The Kier molecular flexibility index (Phi) is 3.97. The first-order valence-corrected chi connectivity index (χ1v) is 6.78. The lowest BCUT2D eigenvalue weighted by atomic mass is 9.97. The molecule has 0 heterocycles. The van der Waals surface area contributed by atoms with Crippen LogP contribution in [-0.2, 0) is 4.79 Å². The van der Waals surface area contributed by atoms with Crippen LogP contribution in [0, 0.1) is 0 Å². The summed E-state index contributed by atoms with van der Waals surface area (Å²) < 4.78 is 0. The second kappa shape index (κ2) is 5.53. The van der Waals surface area contributed by atoms with E-state index >= 15 is 0 Å². The number of carbonyl (C=O) groups excluding carboxylic acids is 1. The van der Waals surface area contributed by atoms with Crippen molar-refractivity contribution in [2.75, 3.05) is 19.0 Å². The highest BCUT2D eigenvalue weighted by atomic mass is 16.4. The first-order chi connectivity index (χ1) is 9.44. The molecule has 0 spiro atoms. The average Bonchev–Trinajstić information content (AvgIpc) is 2.88. The zero-order chi connectivity index (χ0) is 14.8. The van der Waals surface area contributed by atoms with E-state index in [-0.39, 0.29) is 5.91 Å². The van der Waals surface area contributed by atoms with Crippen molar-refractivity contribution in [3.05, 3.63) is 29.8 Å². The number of hydrogen-bond donors (Lipinski definition) is 2. The summed E-state index contributed by atoms with van der Waals surface area (Å²) in [5, 5.41) is 12.1. The van der Waals surface area contributed by atoms with Gasteiger partial charge < -0.3 is 15.3 Å². The van der Waals surface area contributed by atoms with Crippen molar-refractivity contribution in [1.82, 2.24) is 5.32 Å². The average molecular weight is 276 g/mol. The van der Waals surface area contributed by atoms with Crippen LogP contribution in [0.4, 0.5) is 5.69 Å². The smallest absolute Gasteiger partial charge is 0.329 e. The van der Waals surface area contributed by atoms with Gasteiger partial charge in [-0.25, -0.2) is 4.79 Å². The van der Waals surface area contributed by atoms with Gasteiger partial charge in [-0.05, 0) is 37.1 Å². The molecule has 0 aromatic heterocycles. The number of nitrogens with one attached hydrogen (secondary N) is 1. The molecule has 0 bridgehead atoms. The summed E-state index contributed by atoms with van der Waals surface area (Å²) in [5.41, 5.74) is 0.399. The van der Waals surface area contributed by atoms with Gasteiger partial charge in [0.25, 0.3) is 5.91 Å². The van der Waals surface area contributed by atoms with E-state index in [0.717, 1.165) is 18.5 Å². The Labute approximate surface area is 118 Å². The molecule has 108 valence electrons. The van der Waals surface area contributed by atoms with Crippen LogP contribution < -0.4 is 10.2 Å². The molecular weight excluding hydrogens is 256 g/mol. The van der Waals surface area contributed by atoms with E-state index < -0.39 is 11.5 Å². The number of carboxylic acids is 1. The number of aliphatic carboxylic acids is 1. The molecule has 0 atom stereocenters. The van der Waals surface area contributed by atoms with Gasteiger partial charge in [-0.15, -0.1) is 0 Å². The van der Waals surface area contributed by atoms with E-state index in [4.69, 9.17) is 0 Å². The van der Waals surface area contributed by atoms with Crippen LogP contribution in [0.2, 0.25) is 0 Å². The lowest BCUT2D eigenvalue weighted by Crippen LogP contribution is -2.52. The number of anilines is 1. The number of hydrogen-bond acceptors (Lipinski definition) is 3. The van der Waals surface area contributed by atoms with Crippen molar-refractivity contribution in [1.29, 1.82) is 0 Å². The Hall–Kier alpha value is -2.04. The molecule has 2 rings (SSSR count).